The first-order valence-corrected chi connectivity index (χ1v) is 6.94. The van der Waals surface area contributed by atoms with Gasteiger partial charge in [-0.15, -0.1) is 0 Å². The summed E-state index contributed by atoms with van der Waals surface area (Å²) in [7, 11) is 1.26. The van der Waals surface area contributed by atoms with Crippen molar-refractivity contribution in [2.75, 3.05) is 26.8 Å². The Bertz CT molecular complexity index is 387. The molecule has 0 radical (unpaired) electrons. The lowest BCUT2D eigenvalue weighted by atomic mass is 10.1. The summed E-state index contributed by atoms with van der Waals surface area (Å²) >= 11 is 0. The van der Waals surface area contributed by atoms with Crippen LogP contribution >= 0.6 is 0 Å². The van der Waals surface area contributed by atoms with E-state index in [-0.39, 0.29) is 25.6 Å². The molecule has 0 aromatic heterocycles. The number of carboxylic acids is 1. The molecule has 8 nitrogen and oxygen atoms in total. The molecule has 1 aliphatic heterocycles. The van der Waals surface area contributed by atoms with E-state index in [1.807, 2.05) is 6.92 Å². The molecule has 1 aliphatic rings. The van der Waals surface area contributed by atoms with E-state index in [0.717, 1.165) is 6.42 Å². The van der Waals surface area contributed by atoms with Gasteiger partial charge in [0.15, 0.2) is 6.10 Å². The Labute approximate surface area is 123 Å². The van der Waals surface area contributed by atoms with Crippen molar-refractivity contribution in [1.29, 1.82) is 0 Å². The Hall–Kier alpha value is -1.83. The summed E-state index contributed by atoms with van der Waals surface area (Å²) in [5, 5.41) is 11.5. The standard InChI is InChI=1S/C13H22N2O6/c1-3-4-9(7-11(16)17)14-13(19)15-5-6-21-10(8-15)12(18)20-2/h9-10H,3-8H2,1-2H3,(H,14,19)(H,16,17). The highest BCUT2D eigenvalue weighted by Crippen LogP contribution is 2.09. The largest absolute Gasteiger partial charge is 0.481 e. The highest BCUT2D eigenvalue weighted by atomic mass is 16.6. The lowest BCUT2D eigenvalue weighted by Gasteiger charge is -2.32. The van der Waals surface area contributed by atoms with E-state index in [4.69, 9.17) is 9.84 Å². The zero-order chi connectivity index (χ0) is 15.8. The van der Waals surface area contributed by atoms with Crippen molar-refractivity contribution >= 4 is 18.0 Å². The van der Waals surface area contributed by atoms with Gasteiger partial charge in [0.25, 0.3) is 0 Å². The van der Waals surface area contributed by atoms with Crippen LogP contribution in [0, 0.1) is 0 Å². The van der Waals surface area contributed by atoms with Gasteiger partial charge < -0.3 is 24.8 Å². The number of carbonyl (C=O) groups is 3. The van der Waals surface area contributed by atoms with Gasteiger partial charge in [0.1, 0.15) is 0 Å². The molecular weight excluding hydrogens is 280 g/mol. The van der Waals surface area contributed by atoms with Gasteiger partial charge in [-0.1, -0.05) is 13.3 Å². The predicted octanol–water partition coefficient (Wildman–Crippen LogP) is 0.213. The molecule has 2 N–H and O–H groups in total. The van der Waals surface area contributed by atoms with Crippen molar-refractivity contribution in [1.82, 2.24) is 10.2 Å². The number of esters is 1. The number of urea groups is 1. The van der Waals surface area contributed by atoms with E-state index >= 15 is 0 Å². The lowest BCUT2D eigenvalue weighted by Crippen LogP contribution is -2.53. The Morgan fingerprint density at radius 1 is 1.48 bits per heavy atom. The molecule has 8 heteroatoms. The second-order valence-electron chi connectivity index (χ2n) is 4.86. The number of ether oxygens (including phenoxy) is 2. The number of aliphatic carboxylic acids is 1. The van der Waals surface area contributed by atoms with Crippen molar-refractivity contribution in [2.24, 2.45) is 0 Å². The van der Waals surface area contributed by atoms with Crippen molar-refractivity contribution in [2.45, 2.75) is 38.3 Å². The minimum atomic E-state index is -0.955. The van der Waals surface area contributed by atoms with Crippen molar-refractivity contribution in [3.05, 3.63) is 0 Å². The quantitative estimate of drug-likeness (QED) is 0.680. The molecule has 2 atom stereocenters. The van der Waals surface area contributed by atoms with Crippen LogP contribution in [0.2, 0.25) is 0 Å². The van der Waals surface area contributed by atoms with Gasteiger partial charge in [-0.05, 0) is 6.42 Å². The average molecular weight is 302 g/mol. The molecule has 21 heavy (non-hydrogen) atoms. The van der Waals surface area contributed by atoms with Crippen LogP contribution in [0.25, 0.3) is 0 Å². The molecule has 1 saturated heterocycles. The van der Waals surface area contributed by atoms with Gasteiger partial charge in [-0.3, -0.25) is 4.79 Å². The predicted molar refractivity (Wildman–Crippen MR) is 72.8 cm³/mol. The number of methoxy groups -OCH3 is 1. The molecular formula is C13H22N2O6. The highest BCUT2D eigenvalue weighted by molar-refractivity contribution is 5.79. The number of rotatable bonds is 6. The Morgan fingerprint density at radius 3 is 2.76 bits per heavy atom. The molecule has 1 heterocycles. The van der Waals surface area contributed by atoms with E-state index in [1.54, 1.807) is 0 Å². The van der Waals surface area contributed by atoms with Crippen LogP contribution in [0.15, 0.2) is 0 Å². The maximum absolute atomic E-state index is 12.1. The number of carbonyl (C=O) groups excluding carboxylic acids is 2. The lowest BCUT2D eigenvalue weighted by molar-refractivity contribution is -0.158. The molecule has 0 saturated carbocycles. The third-order valence-electron chi connectivity index (χ3n) is 3.20. The third-order valence-corrected chi connectivity index (χ3v) is 3.20. The summed E-state index contributed by atoms with van der Waals surface area (Å²) in [4.78, 5) is 35.8. The molecule has 0 aromatic rings. The van der Waals surface area contributed by atoms with Gasteiger partial charge in [-0.25, -0.2) is 9.59 Å². The van der Waals surface area contributed by atoms with Gasteiger partial charge in [0.05, 0.1) is 26.7 Å². The second kappa shape index (κ2) is 8.46. The number of hydrogen-bond acceptors (Lipinski definition) is 5. The third kappa shape index (κ3) is 5.58. The fourth-order valence-corrected chi connectivity index (χ4v) is 2.16. The molecule has 120 valence electrons. The zero-order valence-electron chi connectivity index (χ0n) is 12.3. The van der Waals surface area contributed by atoms with E-state index in [9.17, 15) is 14.4 Å². The molecule has 2 amide bonds. The average Bonchev–Trinajstić information content (AvgIpc) is 2.46. The van der Waals surface area contributed by atoms with Gasteiger partial charge in [0, 0.05) is 12.6 Å². The summed E-state index contributed by atoms with van der Waals surface area (Å²) < 4.78 is 9.83. The summed E-state index contributed by atoms with van der Waals surface area (Å²) in [5.74, 6) is -1.48. The Balaban J connectivity index is 2.56. The van der Waals surface area contributed by atoms with Crippen LogP contribution in [0.5, 0.6) is 0 Å². The molecule has 1 rings (SSSR count). The van der Waals surface area contributed by atoms with Crippen molar-refractivity contribution in [3.63, 3.8) is 0 Å². The van der Waals surface area contributed by atoms with Gasteiger partial charge in [0.2, 0.25) is 0 Å². The minimum Gasteiger partial charge on any atom is -0.481 e. The smallest absolute Gasteiger partial charge is 0.336 e. The van der Waals surface area contributed by atoms with E-state index in [2.05, 4.69) is 10.1 Å². The van der Waals surface area contributed by atoms with E-state index in [1.165, 1.54) is 12.0 Å². The SMILES string of the molecule is CCCC(CC(=O)O)NC(=O)N1CCOC(C(=O)OC)C1. The summed E-state index contributed by atoms with van der Waals surface area (Å²) in [6.07, 6.45) is 0.442. The maximum atomic E-state index is 12.1. The first-order chi connectivity index (χ1) is 9.97. The molecule has 2 unspecified atom stereocenters. The summed E-state index contributed by atoms with van der Waals surface area (Å²) in [6.45, 7) is 2.61. The van der Waals surface area contributed by atoms with Crippen molar-refractivity contribution in [3.8, 4) is 0 Å². The van der Waals surface area contributed by atoms with E-state index in [0.29, 0.717) is 13.0 Å². The Kier molecular flexibility index (Phi) is 6.93. The number of amides is 2. The molecule has 0 aromatic carbocycles. The number of nitrogens with one attached hydrogen (secondary N) is 1. The van der Waals surface area contributed by atoms with Crippen LogP contribution in [0.4, 0.5) is 4.79 Å². The summed E-state index contributed by atoms with van der Waals surface area (Å²) in [6, 6.07) is -0.800. The molecule has 0 aliphatic carbocycles. The topological polar surface area (TPSA) is 105 Å². The van der Waals surface area contributed by atoms with E-state index < -0.39 is 24.1 Å². The fourth-order valence-electron chi connectivity index (χ4n) is 2.16. The first-order valence-electron chi connectivity index (χ1n) is 6.94. The Morgan fingerprint density at radius 2 is 2.19 bits per heavy atom. The van der Waals surface area contributed by atoms with Crippen LogP contribution < -0.4 is 5.32 Å². The molecule has 0 bridgehead atoms. The maximum Gasteiger partial charge on any atom is 0.336 e. The number of morpholine rings is 1. The van der Waals surface area contributed by atoms with Crippen LogP contribution in [-0.2, 0) is 19.1 Å². The number of nitrogens with zero attached hydrogens (tertiary/aromatic N) is 1. The number of hydrogen-bond donors (Lipinski definition) is 2. The summed E-state index contributed by atoms with van der Waals surface area (Å²) in [5.41, 5.74) is 0. The van der Waals surface area contributed by atoms with Crippen LogP contribution in [-0.4, -0.2) is 66.9 Å². The number of carboxylic acid groups (broad SMARTS) is 1. The molecule has 0 spiro atoms. The molecule has 1 fully saturated rings. The minimum absolute atomic E-state index is 0.102. The monoisotopic (exact) mass is 302 g/mol. The normalized spacial score (nSPS) is 19.7. The van der Waals surface area contributed by atoms with Crippen LogP contribution in [0.3, 0.4) is 0 Å². The van der Waals surface area contributed by atoms with Gasteiger partial charge in [-0.2, -0.15) is 0 Å². The van der Waals surface area contributed by atoms with Crippen LogP contribution in [0.1, 0.15) is 26.2 Å². The second-order valence-corrected chi connectivity index (χ2v) is 4.86. The van der Waals surface area contributed by atoms with Gasteiger partial charge >= 0.3 is 18.0 Å². The fraction of sp³-hybridized carbons (Fsp3) is 0.769. The zero-order valence-corrected chi connectivity index (χ0v) is 12.3. The highest BCUT2D eigenvalue weighted by Gasteiger charge is 2.30. The first kappa shape index (κ1) is 17.2. The van der Waals surface area contributed by atoms with Crippen molar-refractivity contribution < 1.29 is 29.0 Å².